The van der Waals surface area contributed by atoms with E-state index in [0.717, 1.165) is 5.69 Å². The van der Waals surface area contributed by atoms with E-state index < -0.39 is 0 Å². The van der Waals surface area contributed by atoms with Crippen LogP contribution in [0.1, 0.15) is 24.2 Å². The molecule has 2 nitrogen and oxygen atoms in total. The van der Waals surface area contributed by atoms with Crippen LogP contribution in [0.3, 0.4) is 0 Å². The van der Waals surface area contributed by atoms with Crippen molar-refractivity contribution in [3.63, 3.8) is 0 Å². The van der Waals surface area contributed by atoms with Gasteiger partial charge >= 0.3 is 0 Å². The van der Waals surface area contributed by atoms with Crippen molar-refractivity contribution in [2.75, 3.05) is 0 Å². The number of thiocarbonyl (C=S) groups is 1. The summed E-state index contributed by atoms with van der Waals surface area (Å²) >= 11 is 5.32. The van der Waals surface area contributed by atoms with Crippen molar-refractivity contribution < 1.29 is 0 Å². The molecule has 0 aliphatic carbocycles. The zero-order chi connectivity index (χ0) is 12.1. The van der Waals surface area contributed by atoms with Crippen LogP contribution in [-0.4, -0.2) is 9.97 Å². The van der Waals surface area contributed by atoms with E-state index >= 15 is 0 Å². The number of aromatic nitrogens is 1. The van der Waals surface area contributed by atoms with Crippen LogP contribution in [0.25, 0.3) is 0 Å². The maximum Gasteiger partial charge on any atom is 0.125 e. The first-order chi connectivity index (χ1) is 8.27. The Morgan fingerprint density at radius 1 is 1.12 bits per heavy atom. The molecule has 0 saturated heterocycles. The van der Waals surface area contributed by atoms with E-state index in [1.807, 2.05) is 36.4 Å². The number of hydrogen-bond acceptors (Lipinski definition) is 2. The van der Waals surface area contributed by atoms with Crippen LogP contribution in [0.15, 0.2) is 54.7 Å². The van der Waals surface area contributed by atoms with E-state index in [2.05, 4.69) is 29.4 Å². The third kappa shape index (κ3) is 3.11. The molecule has 1 heterocycles. The second-order valence-corrected chi connectivity index (χ2v) is 4.23. The van der Waals surface area contributed by atoms with E-state index in [1.165, 1.54) is 5.56 Å². The summed E-state index contributed by atoms with van der Waals surface area (Å²) < 4.78 is 0. The Labute approximate surface area is 107 Å². The Morgan fingerprint density at radius 3 is 2.47 bits per heavy atom. The summed E-state index contributed by atoms with van der Waals surface area (Å²) in [6, 6.07) is 16.1. The molecule has 86 valence electrons. The van der Waals surface area contributed by atoms with Gasteiger partial charge in [-0.1, -0.05) is 48.6 Å². The summed E-state index contributed by atoms with van der Waals surface area (Å²) in [5.41, 5.74) is 2.02. The molecule has 0 bridgehead atoms. The lowest BCUT2D eigenvalue weighted by Crippen LogP contribution is -2.26. The molecule has 0 radical (unpaired) electrons. The number of hydrogen-bond donors (Lipinski definition) is 1. The quantitative estimate of drug-likeness (QED) is 0.837. The zero-order valence-electron chi connectivity index (χ0n) is 9.63. The van der Waals surface area contributed by atoms with Crippen molar-refractivity contribution in [3.05, 3.63) is 66.0 Å². The molecule has 2 aromatic rings. The van der Waals surface area contributed by atoms with Gasteiger partial charge in [-0.05, 0) is 24.6 Å². The maximum absolute atomic E-state index is 5.32. The number of benzene rings is 1. The topological polar surface area (TPSA) is 24.9 Å². The predicted molar refractivity (Wildman–Crippen MR) is 73.9 cm³/mol. The van der Waals surface area contributed by atoms with Crippen LogP contribution < -0.4 is 5.32 Å². The third-order valence-electron chi connectivity index (χ3n) is 2.54. The average Bonchev–Trinajstić information content (AvgIpc) is 2.40. The molecule has 1 atom stereocenters. The second-order valence-electron chi connectivity index (χ2n) is 3.82. The fourth-order valence-electron chi connectivity index (χ4n) is 1.59. The van der Waals surface area contributed by atoms with Crippen LogP contribution in [0.2, 0.25) is 0 Å². The first kappa shape index (κ1) is 11.7. The van der Waals surface area contributed by atoms with Gasteiger partial charge in [0.25, 0.3) is 0 Å². The highest BCUT2D eigenvalue weighted by Crippen LogP contribution is 2.12. The lowest BCUT2D eigenvalue weighted by Gasteiger charge is -2.15. The van der Waals surface area contributed by atoms with Crippen LogP contribution in [0.5, 0.6) is 0 Å². The molecule has 1 unspecified atom stereocenters. The molecule has 3 heteroatoms. The summed E-state index contributed by atoms with van der Waals surface area (Å²) in [6.07, 6.45) is 1.75. The van der Waals surface area contributed by atoms with Gasteiger partial charge in [0.1, 0.15) is 4.99 Å². The monoisotopic (exact) mass is 242 g/mol. The van der Waals surface area contributed by atoms with Gasteiger partial charge in [0, 0.05) is 12.2 Å². The van der Waals surface area contributed by atoms with Gasteiger partial charge in [0.15, 0.2) is 0 Å². The highest BCUT2D eigenvalue weighted by Gasteiger charge is 2.08. The van der Waals surface area contributed by atoms with E-state index in [-0.39, 0.29) is 6.04 Å². The molecule has 0 fully saturated rings. The van der Waals surface area contributed by atoms with Gasteiger partial charge in [-0.3, -0.25) is 4.98 Å². The SMILES string of the molecule is CC(NC(=S)c1ccccn1)c1ccccc1. The minimum atomic E-state index is 0.186. The molecule has 0 aliphatic heterocycles. The van der Waals surface area contributed by atoms with Crippen molar-refractivity contribution in [1.29, 1.82) is 0 Å². The number of nitrogens with one attached hydrogen (secondary N) is 1. The fourth-order valence-corrected chi connectivity index (χ4v) is 1.89. The van der Waals surface area contributed by atoms with Crippen LogP contribution in [0.4, 0.5) is 0 Å². The second kappa shape index (κ2) is 5.55. The normalized spacial score (nSPS) is 11.8. The molecular weight excluding hydrogens is 228 g/mol. The molecule has 1 aromatic carbocycles. The summed E-state index contributed by atoms with van der Waals surface area (Å²) in [5, 5.41) is 3.28. The summed E-state index contributed by atoms with van der Waals surface area (Å²) in [4.78, 5) is 4.90. The molecule has 0 spiro atoms. The first-order valence-corrected chi connectivity index (χ1v) is 5.95. The Morgan fingerprint density at radius 2 is 1.82 bits per heavy atom. The zero-order valence-corrected chi connectivity index (χ0v) is 10.4. The largest absolute Gasteiger partial charge is 0.368 e. The van der Waals surface area contributed by atoms with Crippen molar-refractivity contribution in [2.45, 2.75) is 13.0 Å². The summed E-state index contributed by atoms with van der Waals surface area (Å²) in [6.45, 7) is 2.09. The Hall–Kier alpha value is -1.74. The van der Waals surface area contributed by atoms with Gasteiger partial charge < -0.3 is 5.32 Å². The first-order valence-electron chi connectivity index (χ1n) is 5.54. The van der Waals surface area contributed by atoms with Gasteiger partial charge in [-0.15, -0.1) is 0 Å². The summed E-state index contributed by atoms with van der Waals surface area (Å²) in [5.74, 6) is 0. The van der Waals surface area contributed by atoms with Crippen molar-refractivity contribution in [2.24, 2.45) is 0 Å². The maximum atomic E-state index is 5.32. The highest BCUT2D eigenvalue weighted by molar-refractivity contribution is 7.80. The molecular formula is C14H14N2S. The van der Waals surface area contributed by atoms with Gasteiger partial charge in [-0.25, -0.2) is 0 Å². The van der Waals surface area contributed by atoms with Crippen LogP contribution >= 0.6 is 12.2 Å². The standard InChI is InChI=1S/C14H14N2S/c1-11(12-7-3-2-4-8-12)16-14(17)13-9-5-6-10-15-13/h2-11H,1H3,(H,16,17). The molecule has 0 aliphatic rings. The lowest BCUT2D eigenvalue weighted by atomic mass is 10.1. The number of pyridine rings is 1. The van der Waals surface area contributed by atoms with Crippen LogP contribution in [-0.2, 0) is 0 Å². The molecule has 1 aromatic heterocycles. The Kier molecular flexibility index (Phi) is 3.83. The number of nitrogens with zero attached hydrogens (tertiary/aromatic N) is 1. The average molecular weight is 242 g/mol. The van der Waals surface area contributed by atoms with Gasteiger partial charge in [0.2, 0.25) is 0 Å². The minimum Gasteiger partial charge on any atom is -0.368 e. The molecule has 1 N–H and O–H groups in total. The van der Waals surface area contributed by atoms with Crippen molar-refractivity contribution in [3.8, 4) is 0 Å². The smallest absolute Gasteiger partial charge is 0.125 e. The minimum absolute atomic E-state index is 0.186. The van der Waals surface area contributed by atoms with Crippen LogP contribution in [0, 0.1) is 0 Å². The Balaban J connectivity index is 2.05. The van der Waals surface area contributed by atoms with Crippen molar-refractivity contribution in [1.82, 2.24) is 10.3 Å². The number of rotatable bonds is 3. The van der Waals surface area contributed by atoms with Gasteiger partial charge in [-0.2, -0.15) is 0 Å². The fraction of sp³-hybridized carbons (Fsp3) is 0.143. The molecule has 0 amide bonds. The molecule has 0 saturated carbocycles. The highest BCUT2D eigenvalue weighted by atomic mass is 32.1. The third-order valence-corrected chi connectivity index (χ3v) is 2.87. The molecule has 17 heavy (non-hydrogen) atoms. The van der Waals surface area contributed by atoms with Gasteiger partial charge in [0.05, 0.1) is 5.69 Å². The summed E-state index contributed by atoms with van der Waals surface area (Å²) in [7, 11) is 0. The molecule has 2 rings (SSSR count). The van der Waals surface area contributed by atoms with E-state index in [1.54, 1.807) is 6.20 Å². The Bertz CT molecular complexity index is 482. The van der Waals surface area contributed by atoms with E-state index in [4.69, 9.17) is 12.2 Å². The predicted octanol–water partition coefficient (Wildman–Crippen LogP) is 3.11. The lowest BCUT2D eigenvalue weighted by molar-refractivity contribution is 0.723. The van der Waals surface area contributed by atoms with E-state index in [0.29, 0.717) is 4.99 Å². The van der Waals surface area contributed by atoms with E-state index in [9.17, 15) is 0 Å². The van der Waals surface area contributed by atoms with Crippen molar-refractivity contribution >= 4 is 17.2 Å².